The number of halogens is 1. The van der Waals surface area contributed by atoms with E-state index in [9.17, 15) is 5.11 Å². The molecule has 1 unspecified atom stereocenters. The molecule has 66 valence electrons. The van der Waals surface area contributed by atoms with Crippen LogP contribution in [-0.2, 0) is 0 Å². The van der Waals surface area contributed by atoms with E-state index in [-0.39, 0.29) is 0 Å². The van der Waals surface area contributed by atoms with Gasteiger partial charge in [0.05, 0.1) is 0 Å². The van der Waals surface area contributed by atoms with E-state index in [2.05, 4.69) is 22.9 Å². The number of aromatic hydroxyl groups is 1. The second kappa shape index (κ2) is 3.48. The second-order valence-corrected chi connectivity index (χ2v) is 4.48. The summed E-state index contributed by atoms with van der Waals surface area (Å²) in [5.74, 6) is 0.349. The molecule has 0 aliphatic rings. The zero-order valence-electron chi connectivity index (χ0n) is 7.56. The Morgan fingerprint density at radius 2 is 1.67 bits per heavy atom. The Morgan fingerprint density at radius 1 is 1.25 bits per heavy atom. The Labute approximate surface area is 81.6 Å². The average molecular weight is 229 g/mol. The van der Waals surface area contributed by atoms with Crippen molar-refractivity contribution in [3.05, 3.63) is 28.8 Å². The van der Waals surface area contributed by atoms with Gasteiger partial charge >= 0.3 is 0 Å². The molecular weight excluding hydrogens is 216 g/mol. The number of phenolic OH excluding ortho intramolecular Hbond substituents is 1. The molecule has 1 aromatic carbocycles. The van der Waals surface area contributed by atoms with Gasteiger partial charge in [0.2, 0.25) is 0 Å². The highest BCUT2D eigenvalue weighted by molar-refractivity contribution is 9.09. The van der Waals surface area contributed by atoms with Gasteiger partial charge in [0, 0.05) is 4.83 Å². The summed E-state index contributed by atoms with van der Waals surface area (Å²) >= 11 is 3.53. The van der Waals surface area contributed by atoms with Crippen molar-refractivity contribution in [2.75, 3.05) is 0 Å². The number of rotatable bonds is 1. The molecular formula is C10H13BrO. The zero-order valence-corrected chi connectivity index (χ0v) is 9.14. The van der Waals surface area contributed by atoms with Gasteiger partial charge in [-0.2, -0.15) is 0 Å². The van der Waals surface area contributed by atoms with E-state index in [1.807, 2.05) is 13.8 Å². The summed E-state index contributed by atoms with van der Waals surface area (Å²) < 4.78 is 0. The van der Waals surface area contributed by atoms with E-state index in [4.69, 9.17) is 0 Å². The van der Waals surface area contributed by atoms with Crippen LogP contribution < -0.4 is 0 Å². The van der Waals surface area contributed by atoms with Crippen molar-refractivity contribution in [2.45, 2.75) is 25.6 Å². The van der Waals surface area contributed by atoms with E-state index < -0.39 is 0 Å². The van der Waals surface area contributed by atoms with Crippen LogP contribution in [0.25, 0.3) is 0 Å². The Balaban J connectivity index is 3.28. The van der Waals surface area contributed by atoms with Crippen molar-refractivity contribution in [1.29, 1.82) is 0 Å². The zero-order chi connectivity index (χ0) is 9.30. The summed E-state index contributed by atoms with van der Waals surface area (Å²) in [5.41, 5.74) is 3.54. The summed E-state index contributed by atoms with van der Waals surface area (Å²) in [6.45, 7) is 6.12. The first kappa shape index (κ1) is 9.59. The van der Waals surface area contributed by atoms with Gasteiger partial charge in [-0.05, 0) is 49.6 Å². The highest BCUT2D eigenvalue weighted by Crippen LogP contribution is 2.30. The smallest absolute Gasteiger partial charge is 0.116 e. The van der Waals surface area contributed by atoms with Gasteiger partial charge in [-0.1, -0.05) is 15.9 Å². The monoisotopic (exact) mass is 228 g/mol. The van der Waals surface area contributed by atoms with Crippen molar-refractivity contribution >= 4 is 15.9 Å². The van der Waals surface area contributed by atoms with Crippen LogP contribution in [-0.4, -0.2) is 5.11 Å². The molecule has 12 heavy (non-hydrogen) atoms. The SMILES string of the molecule is Cc1cc(O)cc(C)c1C(C)Br. The molecule has 1 rings (SSSR count). The number of hydrogen-bond donors (Lipinski definition) is 1. The molecule has 0 heterocycles. The van der Waals surface area contributed by atoms with Gasteiger partial charge in [0.15, 0.2) is 0 Å². The third-order valence-corrected chi connectivity index (χ3v) is 2.43. The first-order chi connectivity index (χ1) is 5.52. The Morgan fingerprint density at radius 3 is 2.00 bits per heavy atom. The number of phenols is 1. The van der Waals surface area contributed by atoms with E-state index in [1.54, 1.807) is 12.1 Å². The third kappa shape index (κ3) is 1.81. The topological polar surface area (TPSA) is 20.2 Å². The Hall–Kier alpha value is -0.500. The lowest BCUT2D eigenvalue weighted by Gasteiger charge is -2.12. The maximum absolute atomic E-state index is 9.28. The predicted molar refractivity (Wildman–Crippen MR) is 54.9 cm³/mol. The molecule has 2 heteroatoms. The number of aryl methyl sites for hydroxylation is 2. The standard InChI is InChI=1S/C10H13BrO/c1-6-4-9(12)5-7(2)10(6)8(3)11/h4-5,8,12H,1-3H3. The van der Waals surface area contributed by atoms with E-state index >= 15 is 0 Å². The van der Waals surface area contributed by atoms with Crippen LogP contribution in [0.4, 0.5) is 0 Å². The molecule has 1 N–H and O–H groups in total. The molecule has 1 atom stereocenters. The van der Waals surface area contributed by atoms with Gasteiger partial charge in [-0.15, -0.1) is 0 Å². The molecule has 1 aromatic rings. The van der Waals surface area contributed by atoms with Crippen molar-refractivity contribution in [3.8, 4) is 5.75 Å². The van der Waals surface area contributed by atoms with Crippen molar-refractivity contribution in [1.82, 2.24) is 0 Å². The quantitative estimate of drug-likeness (QED) is 0.731. The molecule has 0 aliphatic carbocycles. The van der Waals surface area contributed by atoms with Crippen LogP contribution in [0.1, 0.15) is 28.4 Å². The van der Waals surface area contributed by atoms with Gasteiger partial charge in [-0.25, -0.2) is 0 Å². The van der Waals surface area contributed by atoms with Gasteiger partial charge in [0.1, 0.15) is 5.75 Å². The highest BCUT2D eigenvalue weighted by Gasteiger charge is 2.08. The minimum absolute atomic E-state index is 0.345. The van der Waals surface area contributed by atoms with Crippen LogP contribution in [0.3, 0.4) is 0 Å². The minimum atomic E-state index is 0.345. The number of hydrogen-bond acceptors (Lipinski definition) is 1. The molecule has 0 aromatic heterocycles. The molecule has 0 saturated heterocycles. The molecule has 0 bridgehead atoms. The highest BCUT2D eigenvalue weighted by atomic mass is 79.9. The van der Waals surface area contributed by atoms with Gasteiger partial charge < -0.3 is 5.11 Å². The first-order valence-corrected chi connectivity index (χ1v) is 4.88. The molecule has 0 radical (unpaired) electrons. The fourth-order valence-electron chi connectivity index (χ4n) is 1.58. The number of alkyl halides is 1. The Kier molecular flexibility index (Phi) is 2.78. The number of benzene rings is 1. The lowest BCUT2D eigenvalue weighted by Crippen LogP contribution is -1.93. The molecule has 1 nitrogen and oxygen atoms in total. The Bertz CT molecular complexity index is 269. The third-order valence-electron chi connectivity index (χ3n) is 1.98. The summed E-state index contributed by atoms with van der Waals surface area (Å²) in [7, 11) is 0. The fourth-order valence-corrected chi connectivity index (χ4v) is 2.30. The van der Waals surface area contributed by atoms with E-state index in [0.717, 1.165) is 11.1 Å². The maximum Gasteiger partial charge on any atom is 0.116 e. The van der Waals surface area contributed by atoms with Crippen molar-refractivity contribution in [2.24, 2.45) is 0 Å². The minimum Gasteiger partial charge on any atom is -0.508 e. The molecule has 0 aliphatic heterocycles. The maximum atomic E-state index is 9.28. The molecule has 0 amide bonds. The van der Waals surface area contributed by atoms with Crippen LogP contribution in [0, 0.1) is 13.8 Å². The van der Waals surface area contributed by atoms with Crippen molar-refractivity contribution in [3.63, 3.8) is 0 Å². The summed E-state index contributed by atoms with van der Waals surface area (Å²) in [4.78, 5) is 0.345. The van der Waals surface area contributed by atoms with Crippen LogP contribution in [0.5, 0.6) is 5.75 Å². The van der Waals surface area contributed by atoms with Crippen molar-refractivity contribution < 1.29 is 5.11 Å². The second-order valence-electron chi connectivity index (χ2n) is 3.11. The summed E-state index contributed by atoms with van der Waals surface area (Å²) in [6, 6.07) is 3.58. The lowest BCUT2D eigenvalue weighted by molar-refractivity contribution is 0.474. The predicted octanol–water partition coefficient (Wildman–Crippen LogP) is 3.46. The largest absolute Gasteiger partial charge is 0.508 e. The molecule has 0 fully saturated rings. The van der Waals surface area contributed by atoms with Crippen LogP contribution in [0.2, 0.25) is 0 Å². The summed E-state index contributed by atoms with van der Waals surface area (Å²) in [5, 5.41) is 9.28. The van der Waals surface area contributed by atoms with Gasteiger partial charge in [0.25, 0.3) is 0 Å². The fraction of sp³-hybridized carbons (Fsp3) is 0.400. The first-order valence-electron chi connectivity index (χ1n) is 3.96. The summed E-state index contributed by atoms with van der Waals surface area (Å²) in [6.07, 6.45) is 0. The van der Waals surface area contributed by atoms with E-state index in [1.165, 1.54) is 5.56 Å². The van der Waals surface area contributed by atoms with E-state index in [0.29, 0.717) is 10.6 Å². The lowest BCUT2D eigenvalue weighted by atomic mass is 10.0. The normalized spacial score (nSPS) is 13.0. The molecule has 0 saturated carbocycles. The average Bonchev–Trinajstić information content (AvgIpc) is 1.82. The van der Waals surface area contributed by atoms with Crippen LogP contribution in [0.15, 0.2) is 12.1 Å². The molecule has 0 spiro atoms. The van der Waals surface area contributed by atoms with Gasteiger partial charge in [-0.3, -0.25) is 0 Å². The van der Waals surface area contributed by atoms with Crippen LogP contribution >= 0.6 is 15.9 Å².